The third-order valence-electron chi connectivity index (χ3n) is 2.10. The number of amides is 2. The number of carbonyl (C=O) groups is 1. The van der Waals surface area contributed by atoms with Gasteiger partial charge in [0.2, 0.25) is 0 Å². The van der Waals surface area contributed by atoms with Crippen LogP contribution in [0.25, 0.3) is 0 Å². The summed E-state index contributed by atoms with van der Waals surface area (Å²) in [4.78, 5) is 10.6. The molecule has 0 aromatic heterocycles. The van der Waals surface area contributed by atoms with Gasteiger partial charge >= 0.3 is 6.03 Å². The molecule has 0 unspecified atom stereocenters. The third-order valence-corrected chi connectivity index (χ3v) is 4.14. The van der Waals surface area contributed by atoms with E-state index in [9.17, 15) is 17.6 Å². The van der Waals surface area contributed by atoms with Gasteiger partial charge in [-0.15, -0.1) is 0 Å². The molecule has 1 rings (SSSR count). The van der Waals surface area contributed by atoms with Gasteiger partial charge in [0.25, 0.3) is 10.0 Å². The molecule has 0 aliphatic rings. The number of urea groups is 1. The van der Waals surface area contributed by atoms with E-state index in [1.54, 1.807) is 4.72 Å². The molecule has 0 bridgehead atoms. The summed E-state index contributed by atoms with van der Waals surface area (Å²) in [6.45, 7) is 2.12. The fraction of sp³-hybridized carbons (Fsp3) is 0.300. The van der Waals surface area contributed by atoms with Gasteiger partial charge in [0.1, 0.15) is 10.7 Å². The summed E-state index contributed by atoms with van der Waals surface area (Å²) < 4.78 is 39.1. The molecule has 0 fully saturated rings. The molecule has 0 heterocycles. The van der Waals surface area contributed by atoms with Gasteiger partial charge in [-0.3, -0.25) is 0 Å². The van der Waals surface area contributed by atoms with E-state index >= 15 is 0 Å². The Morgan fingerprint density at radius 3 is 2.68 bits per heavy atom. The molecule has 2 amide bonds. The van der Waals surface area contributed by atoms with E-state index < -0.39 is 26.8 Å². The number of benzene rings is 1. The summed E-state index contributed by atoms with van der Waals surface area (Å²) in [5.41, 5.74) is 5.54. The maximum absolute atomic E-state index is 13.6. The number of hydrogen-bond donors (Lipinski definition) is 3. The zero-order valence-corrected chi connectivity index (χ0v) is 12.4. The number of anilines is 1. The molecule has 0 atom stereocenters. The average Bonchev–Trinajstić information content (AvgIpc) is 2.30. The van der Waals surface area contributed by atoms with Crippen molar-refractivity contribution in [3.05, 3.63) is 22.4 Å². The number of carbonyl (C=O) groups excluding carboxylic acids is 1. The van der Waals surface area contributed by atoms with Gasteiger partial charge in [-0.1, -0.05) is 6.92 Å². The van der Waals surface area contributed by atoms with Gasteiger partial charge in [0.15, 0.2) is 0 Å². The van der Waals surface area contributed by atoms with Crippen molar-refractivity contribution >= 4 is 37.7 Å². The summed E-state index contributed by atoms with van der Waals surface area (Å²) in [7, 11) is -4.30. The number of nitrogens with one attached hydrogen (secondary N) is 2. The summed E-state index contributed by atoms with van der Waals surface area (Å²) >= 11 is 2.97. The minimum Gasteiger partial charge on any atom is -0.398 e. The highest BCUT2D eigenvalue weighted by Gasteiger charge is 2.22. The highest BCUT2D eigenvalue weighted by Crippen LogP contribution is 2.25. The van der Waals surface area contributed by atoms with E-state index in [4.69, 9.17) is 5.73 Å². The number of rotatable bonds is 4. The lowest BCUT2D eigenvalue weighted by Gasteiger charge is -2.10. The first-order chi connectivity index (χ1) is 8.77. The molecule has 106 valence electrons. The predicted molar refractivity (Wildman–Crippen MR) is 72.5 cm³/mol. The van der Waals surface area contributed by atoms with E-state index in [1.807, 2.05) is 6.92 Å². The van der Waals surface area contributed by atoms with E-state index in [0.717, 1.165) is 12.1 Å². The first-order valence-corrected chi connectivity index (χ1v) is 7.60. The van der Waals surface area contributed by atoms with Crippen molar-refractivity contribution in [1.29, 1.82) is 0 Å². The molecule has 19 heavy (non-hydrogen) atoms. The maximum atomic E-state index is 13.6. The normalized spacial score (nSPS) is 11.1. The molecule has 4 N–H and O–H groups in total. The van der Waals surface area contributed by atoms with Crippen LogP contribution in [0, 0.1) is 5.82 Å². The first-order valence-electron chi connectivity index (χ1n) is 5.33. The summed E-state index contributed by atoms with van der Waals surface area (Å²) in [6, 6.07) is 0.950. The van der Waals surface area contributed by atoms with E-state index in [-0.39, 0.29) is 10.2 Å². The van der Waals surface area contributed by atoms with Crippen LogP contribution in [0.3, 0.4) is 0 Å². The van der Waals surface area contributed by atoms with Gasteiger partial charge in [0.05, 0.1) is 0 Å². The third kappa shape index (κ3) is 4.06. The van der Waals surface area contributed by atoms with Gasteiger partial charge < -0.3 is 11.1 Å². The summed E-state index contributed by atoms with van der Waals surface area (Å²) in [6.07, 6.45) is 0.646. The Morgan fingerprint density at radius 2 is 2.11 bits per heavy atom. The van der Waals surface area contributed by atoms with Crippen molar-refractivity contribution in [2.45, 2.75) is 18.2 Å². The molecule has 9 heteroatoms. The van der Waals surface area contributed by atoms with E-state index in [2.05, 4.69) is 21.2 Å². The molecular formula is C10H13BrFN3O3S. The van der Waals surface area contributed by atoms with Crippen LogP contribution in [0.1, 0.15) is 13.3 Å². The van der Waals surface area contributed by atoms with Crippen LogP contribution in [0.2, 0.25) is 0 Å². The standard InChI is InChI=1S/C10H13BrFN3O3S/c1-2-3-14-10(16)15-19(17,18)9-5-8(13)6(11)4-7(9)12/h4-5H,2-3,13H2,1H3,(H2,14,15,16). The molecule has 0 saturated carbocycles. The van der Waals surface area contributed by atoms with Crippen molar-refractivity contribution in [3.63, 3.8) is 0 Å². The molecule has 0 radical (unpaired) electrons. The van der Waals surface area contributed by atoms with Crippen LogP contribution in [0.5, 0.6) is 0 Å². The van der Waals surface area contributed by atoms with Gasteiger partial charge in [0, 0.05) is 16.7 Å². The molecule has 1 aromatic carbocycles. The Balaban J connectivity index is 3.01. The Labute approximate surface area is 118 Å². The number of sulfonamides is 1. The number of nitrogens with two attached hydrogens (primary N) is 1. The zero-order chi connectivity index (χ0) is 14.6. The monoisotopic (exact) mass is 353 g/mol. The maximum Gasteiger partial charge on any atom is 0.328 e. The van der Waals surface area contributed by atoms with Crippen molar-refractivity contribution in [2.75, 3.05) is 12.3 Å². The molecule has 0 saturated heterocycles. The van der Waals surface area contributed by atoms with Crippen LogP contribution in [-0.4, -0.2) is 21.0 Å². The summed E-state index contributed by atoms with van der Waals surface area (Å²) in [5, 5.41) is 2.31. The highest BCUT2D eigenvalue weighted by molar-refractivity contribution is 9.10. The second kappa shape index (κ2) is 6.20. The summed E-state index contributed by atoms with van der Waals surface area (Å²) in [5.74, 6) is -1.00. The van der Waals surface area contributed by atoms with E-state index in [1.165, 1.54) is 0 Å². The van der Waals surface area contributed by atoms with Crippen LogP contribution in [-0.2, 0) is 10.0 Å². The molecule has 0 spiro atoms. The van der Waals surface area contributed by atoms with Crippen LogP contribution in [0.4, 0.5) is 14.9 Å². The Bertz CT molecular complexity index is 592. The van der Waals surface area contributed by atoms with Crippen molar-refractivity contribution in [2.24, 2.45) is 0 Å². The Kier molecular flexibility index (Phi) is 5.12. The van der Waals surface area contributed by atoms with Gasteiger partial charge in [-0.25, -0.2) is 22.3 Å². The van der Waals surface area contributed by atoms with Crippen molar-refractivity contribution in [1.82, 2.24) is 10.0 Å². The second-order valence-electron chi connectivity index (χ2n) is 3.67. The number of hydrogen-bond acceptors (Lipinski definition) is 4. The fourth-order valence-electron chi connectivity index (χ4n) is 1.20. The molecular weight excluding hydrogens is 341 g/mol. The minimum absolute atomic E-state index is 0.0516. The van der Waals surface area contributed by atoms with Crippen LogP contribution in [0.15, 0.2) is 21.5 Å². The average molecular weight is 354 g/mol. The van der Waals surface area contributed by atoms with Crippen molar-refractivity contribution in [3.8, 4) is 0 Å². The zero-order valence-electron chi connectivity index (χ0n) is 10.0. The highest BCUT2D eigenvalue weighted by atomic mass is 79.9. The van der Waals surface area contributed by atoms with Gasteiger partial charge in [-0.05, 0) is 34.5 Å². The second-order valence-corrected chi connectivity index (χ2v) is 6.17. The largest absolute Gasteiger partial charge is 0.398 e. The SMILES string of the molecule is CCCNC(=O)NS(=O)(=O)c1cc(N)c(Br)cc1F. The van der Waals surface area contributed by atoms with Crippen LogP contribution < -0.4 is 15.8 Å². The first kappa shape index (κ1) is 15.7. The lowest BCUT2D eigenvalue weighted by atomic mass is 10.3. The number of nitrogen functional groups attached to an aromatic ring is 1. The lowest BCUT2D eigenvalue weighted by molar-refractivity contribution is 0.246. The Morgan fingerprint density at radius 1 is 1.47 bits per heavy atom. The Hall–Kier alpha value is -1.35. The minimum atomic E-state index is -4.30. The fourth-order valence-corrected chi connectivity index (χ4v) is 2.54. The van der Waals surface area contributed by atoms with Crippen molar-refractivity contribution < 1.29 is 17.6 Å². The molecule has 0 aliphatic carbocycles. The number of halogens is 2. The molecule has 1 aromatic rings. The molecule has 6 nitrogen and oxygen atoms in total. The predicted octanol–water partition coefficient (Wildman–Crippen LogP) is 1.57. The smallest absolute Gasteiger partial charge is 0.328 e. The van der Waals surface area contributed by atoms with Crippen LogP contribution >= 0.6 is 15.9 Å². The topological polar surface area (TPSA) is 101 Å². The van der Waals surface area contributed by atoms with Gasteiger partial charge in [-0.2, -0.15) is 0 Å². The quantitative estimate of drug-likeness (QED) is 0.715. The lowest BCUT2D eigenvalue weighted by Crippen LogP contribution is -2.39. The van der Waals surface area contributed by atoms with E-state index in [0.29, 0.717) is 13.0 Å². The molecule has 0 aliphatic heterocycles.